The summed E-state index contributed by atoms with van der Waals surface area (Å²) in [5.41, 5.74) is 0. The number of amides is 1. The highest BCUT2D eigenvalue weighted by molar-refractivity contribution is 7.49. The summed E-state index contributed by atoms with van der Waals surface area (Å²) >= 11 is 0. The molecule has 0 aliphatic rings. The molecule has 0 fully saturated rings. The fourth-order valence-electron chi connectivity index (χ4n) is 0.307. The van der Waals surface area contributed by atoms with E-state index in [9.17, 15) is 19.1 Å². The van der Waals surface area contributed by atoms with E-state index in [0.29, 0.717) is 0 Å². The lowest BCUT2D eigenvalue weighted by Gasteiger charge is -2.29. The normalized spacial score (nSPS) is 11.2. The molecule has 0 rings (SSSR count). The van der Waals surface area contributed by atoms with Gasteiger partial charge in [-0.3, -0.25) is 4.79 Å². The third kappa shape index (κ3) is 4.49. The van der Waals surface area contributed by atoms with Gasteiger partial charge in [-0.25, -0.2) is 0 Å². The van der Waals surface area contributed by atoms with Gasteiger partial charge in [0.2, 0.25) is 5.91 Å². The monoisotopic (exact) mass is 165 g/mol. The van der Waals surface area contributed by atoms with Crippen LogP contribution in [0.2, 0.25) is 0 Å². The van der Waals surface area contributed by atoms with Crippen molar-refractivity contribution in [2.24, 2.45) is 0 Å². The maximum Gasteiger partial charge on any atom is 0.227 e. The predicted octanol–water partition coefficient (Wildman–Crippen LogP) is -2.01. The van der Waals surface area contributed by atoms with E-state index >= 15 is 0 Å². The van der Waals surface area contributed by atoms with Gasteiger partial charge in [-0.1, -0.05) is 7.60 Å². The van der Waals surface area contributed by atoms with Gasteiger partial charge in [0, 0.05) is 14.1 Å². The van der Waals surface area contributed by atoms with Crippen molar-refractivity contribution in [3.63, 3.8) is 0 Å². The molecule has 0 unspecified atom stereocenters. The van der Waals surface area contributed by atoms with E-state index in [1.807, 2.05) is 0 Å². The first-order valence-electron chi connectivity index (χ1n) is 2.54. The third-order valence-electron chi connectivity index (χ3n) is 0.828. The van der Waals surface area contributed by atoms with Gasteiger partial charge < -0.3 is 19.3 Å². The number of hydrogen-bond donors (Lipinski definition) is 0. The minimum Gasteiger partial charge on any atom is -0.810 e. The van der Waals surface area contributed by atoms with Crippen molar-refractivity contribution in [2.75, 3.05) is 20.3 Å². The highest BCUT2D eigenvalue weighted by Gasteiger charge is 2.04. The third-order valence-corrected chi connectivity index (χ3v) is 1.49. The van der Waals surface area contributed by atoms with E-state index in [1.165, 1.54) is 14.1 Å². The van der Waals surface area contributed by atoms with Crippen molar-refractivity contribution in [1.82, 2.24) is 4.90 Å². The Bertz CT molecular complexity index is 172. The minimum atomic E-state index is -4.67. The predicted molar refractivity (Wildman–Crippen MR) is 31.2 cm³/mol. The zero-order chi connectivity index (χ0) is 8.36. The zero-order valence-corrected chi connectivity index (χ0v) is 6.63. The highest BCUT2D eigenvalue weighted by Crippen LogP contribution is 2.21. The average Bonchev–Trinajstić information content (AvgIpc) is 1.60. The van der Waals surface area contributed by atoms with Crippen LogP contribution >= 0.6 is 7.60 Å². The Morgan fingerprint density at radius 1 is 1.50 bits per heavy atom. The van der Waals surface area contributed by atoms with Crippen molar-refractivity contribution in [3.05, 3.63) is 0 Å². The molecule has 0 saturated heterocycles. The van der Waals surface area contributed by atoms with Gasteiger partial charge >= 0.3 is 0 Å². The summed E-state index contributed by atoms with van der Waals surface area (Å²) in [5, 5.41) is 0. The van der Waals surface area contributed by atoms with Crippen molar-refractivity contribution in [2.45, 2.75) is 0 Å². The number of carbonyl (C=O) groups is 1. The molecule has 0 saturated carbocycles. The SMILES string of the molecule is CN(C)C(=O)CP(=O)([O-])[O-]. The molecule has 1 amide bonds. The summed E-state index contributed by atoms with van der Waals surface area (Å²) in [6, 6.07) is 0. The van der Waals surface area contributed by atoms with Crippen LogP contribution in [-0.2, 0) is 9.36 Å². The number of carbonyl (C=O) groups excluding carboxylic acids is 1. The van der Waals surface area contributed by atoms with Crippen LogP contribution in [0.4, 0.5) is 0 Å². The summed E-state index contributed by atoms with van der Waals surface area (Å²) < 4.78 is 9.97. The molecular weight excluding hydrogens is 157 g/mol. The number of hydrogen-bond acceptors (Lipinski definition) is 4. The molecule has 6 heteroatoms. The van der Waals surface area contributed by atoms with Crippen LogP contribution in [0.5, 0.6) is 0 Å². The maximum atomic E-state index is 10.5. The van der Waals surface area contributed by atoms with Gasteiger partial charge in [0.05, 0.1) is 6.16 Å². The minimum absolute atomic E-state index is 0.687. The highest BCUT2D eigenvalue weighted by atomic mass is 31.2. The van der Waals surface area contributed by atoms with E-state index < -0.39 is 19.7 Å². The van der Waals surface area contributed by atoms with Crippen LogP contribution < -0.4 is 9.79 Å². The molecule has 0 spiro atoms. The molecule has 10 heavy (non-hydrogen) atoms. The fraction of sp³-hybridized carbons (Fsp3) is 0.750. The van der Waals surface area contributed by atoms with E-state index in [2.05, 4.69) is 0 Å². The number of nitrogens with zero attached hydrogens (tertiary/aromatic N) is 1. The van der Waals surface area contributed by atoms with Gasteiger partial charge in [0.1, 0.15) is 0 Å². The summed E-state index contributed by atoms with van der Waals surface area (Å²) in [6.45, 7) is 0. The molecule has 0 atom stereocenters. The smallest absolute Gasteiger partial charge is 0.227 e. The van der Waals surface area contributed by atoms with Crippen molar-refractivity contribution in [1.29, 1.82) is 0 Å². The van der Waals surface area contributed by atoms with Gasteiger partial charge in [-0.15, -0.1) is 0 Å². The largest absolute Gasteiger partial charge is 0.810 e. The quantitative estimate of drug-likeness (QED) is 0.442. The molecular formula is C4H8NO4P-2. The average molecular weight is 165 g/mol. The lowest BCUT2D eigenvalue weighted by atomic mass is 10.6. The van der Waals surface area contributed by atoms with Gasteiger partial charge in [-0.2, -0.15) is 0 Å². The Morgan fingerprint density at radius 2 is 1.90 bits per heavy atom. The Morgan fingerprint density at radius 3 is 2.00 bits per heavy atom. The van der Waals surface area contributed by atoms with Crippen LogP contribution in [-0.4, -0.2) is 31.1 Å². The first-order chi connectivity index (χ1) is 4.33. The Kier molecular flexibility index (Phi) is 3.02. The zero-order valence-electron chi connectivity index (χ0n) is 5.73. The molecule has 0 radical (unpaired) electrons. The van der Waals surface area contributed by atoms with Crippen LogP contribution in [0, 0.1) is 0 Å². The first kappa shape index (κ1) is 9.62. The van der Waals surface area contributed by atoms with E-state index in [-0.39, 0.29) is 0 Å². The molecule has 0 N–H and O–H groups in total. The molecule has 0 aliphatic heterocycles. The van der Waals surface area contributed by atoms with Crippen molar-refractivity contribution >= 4 is 13.5 Å². The van der Waals surface area contributed by atoms with Gasteiger partial charge in [-0.05, 0) is 0 Å². The van der Waals surface area contributed by atoms with Gasteiger partial charge in [0.15, 0.2) is 0 Å². The molecule has 5 nitrogen and oxygen atoms in total. The maximum absolute atomic E-state index is 10.5. The second-order valence-electron chi connectivity index (χ2n) is 2.06. The molecule has 0 heterocycles. The summed E-state index contributed by atoms with van der Waals surface area (Å²) in [7, 11) is -1.89. The Labute approximate surface area is 58.8 Å². The van der Waals surface area contributed by atoms with E-state index in [0.717, 1.165) is 4.90 Å². The second-order valence-corrected chi connectivity index (χ2v) is 3.60. The van der Waals surface area contributed by atoms with Crippen molar-refractivity contribution < 1.29 is 19.1 Å². The topological polar surface area (TPSA) is 83.5 Å². The molecule has 0 aliphatic carbocycles. The molecule has 0 aromatic rings. The molecule has 0 aromatic heterocycles. The van der Waals surface area contributed by atoms with Crippen LogP contribution in [0.15, 0.2) is 0 Å². The summed E-state index contributed by atoms with van der Waals surface area (Å²) in [5.74, 6) is -0.687. The molecule has 0 aromatic carbocycles. The summed E-state index contributed by atoms with van der Waals surface area (Å²) in [4.78, 5) is 31.5. The second kappa shape index (κ2) is 3.14. The fourth-order valence-corrected chi connectivity index (χ4v) is 0.921. The van der Waals surface area contributed by atoms with Crippen molar-refractivity contribution in [3.8, 4) is 0 Å². The Hall–Kier alpha value is -0.380. The van der Waals surface area contributed by atoms with Crippen LogP contribution in [0.25, 0.3) is 0 Å². The molecule has 60 valence electrons. The van der Waals surface area contributed by atoms with Gasteiger partial charge in [0.25, 0.3) is 0 Å². The van der Waals surface area contributed by atoms with E-state index in [1.54, 1.807) is 0 Å². The molecule has 0 bridgehead atoms. The van der Waals surface area contributed by atoms with Crippen LogP contribution in [0.3, 0.4) is 0 Å². The lowest BCUT2D eigenvalue weighted by molar-refractivity contribution is -0.312. The standard InChI is InChI=1S/C4H10NO4P/c1-5(2)4(6)3-10(7,8)9/h3H2,1-2H3,(H2,7,8,9)/p-2. The van der Waals surface area contributed by atoms with Crippen LogP contribution in [0.1, 0.15) is 0 Å². The number of rotatable bonds is 2. The Balaban J connectivity index is 3.94. The van der Waals surface area contributed by atoms with E-state index in [4.69, 9.17) is 0 Å². The summed E-state index contributed by atoms with van der Waals surface area (Å²) in [6.07, 6.45) is -0.931. The first-order valence-corrected chi connectivity index (χ1v) is 4.27. The lowest BCUT2D eigenvalue weighted by Crippen LogP contribution is -2.30.